The van der Waals surface area contributed by atoms with Gasteiger partial charge >= 0.3 is 6.03 Å². The number of nitrogens with one attached hydrogen (secondary N) is 2. The Morgan fingerprint density at radius 1 is 1.07 bits per heavy atom. The minimum atomic E-state index is -0.824. The first kappa shape index (κ1) is 24.3. The number of carbonyl (C=O) groups excluding carboxylic acids is 2. The van der Waals surface area contributed by atoms with Gasteiger partial charge in [-0.25, -0.2) is 18.7 Å². The molecule has 0 bridgehead atoms. The van der Waals surface area contributed by atoms with Crippen molar-refractivity contribution in [3.63, 3.8) is 0 Å². The van der Waals surface area contributed by atoms with Crippen LogP contribution >= 0.6 is 11.6 Å². The highest BCUT2D eigenvalue weighted by Gasteiger charge is 2.36. The number of anilines is 2. The molecule has 0 unspecified atom stereocenters. The van der Waals surface area contributed by atoms with Crippen molar-refractivity contribution in [1.29, 1.82) is 0 Å². The number of aromatic nitrogens is 3. The Kier molecular flexibility index (Phi) is 5.55. The van der Waals surface area contributed by atoms with Crippen molar-refractivity contribution >= 4 is 40.6 Å². The maximum Gasteiger partial charge on any atom is 0.326 e. The van der Waals surface area contributed by atoms with Gasteiger partial charge in [-0.1, -0.05) is 29.8 Å². The van der Waals surface area contributed by atoms with Gasteiger partial charge in [-0.05, 0) is 54.1 Å². The zero-order valence-corrected chi connectivity index (χ0v) is 21.4. The average molecular weight is 555 g/mol. The molecule has 3 N–H and O–H groups in total. The average Bonchev–Trinajstić information content (AvgIpc) is 3.65. The number of rotatable bonds is 3. The largest absolute Gasteiger partial charge is 0.386 e. The van der Waals surface area contributed by atoms with Gasteiger partial charge in [0.1, 0.15) is 12.1 Å². The third-order valence-electron chi connectivity index (χ3n) is 7.29. The summed E-state index contributed by atoms with van der Waals surface area (Å²) in [7, 11) is 0. The first-order chi connectivity index (χ1) is 19.4. The second kappa shape index (κ2) is 9.15. The van der Waals surface area contributed by atoms with Crippen molar-refractivity contribution in [2.75, 3.05) is 16.8 Å². The molecule has 198 valence electrons. The molecular weight excluding hydrogens is 535 g/mol. The molecule has 0 fully saturated rings. The molecule has 0 radical (unpaired) electrons. The van der Waals surface area contributed by atoms with E-state index in [0.717, 1.165) is 5.56 Å². The monoisotopic (exact) mass is 554 g/mol. The fourth-order valence-electron chi connectivity index (χ4n) is 5.42. The number of hydrogen-bond acceptors (Lipinski definition) is 5. The van der Waals surface area contributed by atoms with E-state index < -0.39 is 24.0 Å². The van der Waals surface area contributed by atoms with E-state index >= 15 is 0 Å². The first-order valence-corrected chi connectivity index (χ1v) is 12.8. The number of hydrogen-bond donors (Lipinski definition) is 3. The second-order valence-electron chi connectivity index (χ2n) is 9.65. The van der Waals surface area contributed by atoms with Crippen LogP contribution in [0.4, 0.5) is 20.6 Å². The molecule has 7 rings (SSSR count). The molecule has 0 spiro atoms. The van der Waals surface area contributed by atoms with Gasteiger partial charge in [0.2, 0.25) is 0 Å². The number of aliphatic hydroxyl groups excluding tert-OH is 1. The van der Waals surface area contributed by atoms with Gasteiger partial charge in [0.15, 0.2) is 5.65 Å². The van der Waals surface area contributed by atoms with E-state index in [1.165, 1.54) is 29.4 Å². The van der Waals surface area contributed by atoms with Gasteiger partial charge in [-0.2, -0.15) is 5.10 Å². The van der Waals surface area contributed by atoms with Gasteiger partial charge in [-0.15, -0.1) is 0 Å². The lowest BCUT2D eigenvalue weighted by Crippen LogP contribution is -2.34. The summed E-state index contributed by atoms with van der Waals surface area (Å²) in [5, 5.41) is 20.8. The third kappa shape index (κ3) is 3.88. The molecule has 9 nitrogen and oxygen atoms in total. The van der Waals surface area contributed by atoms with Crippen molar-refractivity contribution in [3.05, 3.63) is 112 Å². The zero-order valence-electron chi connectivity index (χ0n) is 20.7. The number of fused-ring (bicyclic) bond motifs is 3. The standard InChI is InChI=1S/C29H20ClFN6O3/c30-21-7-6-17(31)11-19(21)27-26-20(28(39)35-27)9-16(15-5-8-25-32-14-33-37(25)12-15)10-22(26)34-29(40)36-13-24(38)18-3-1-2-4-23(18)36/h1-12,14,24,27,38H,13H2,(H,34,40)(H,35,39)/t24-,27+/m1/s1. The summed E-state index contributed by atoms with van der Waals surface area (Å²) >= 11 is 6.44. The predicted molar refractivity (Wildman–Crippen MR) is 147 cm³/mol. The molecule has 11 heteroatoms. The maximum absolute atomic E-state index is 14.3. The topological polar surface area (TPSA) is 112 Å². The molecule has 2 aliphatic rings. The molecule has 2 atom stereocenters. The first-order valence-electron chi connectivity index (χ1n) is 12.5. The number of para-hydroxylation sites is 1. The lowest BCUT2D eigenvalue weighted by Gasteiger charge is -2.22. The van der Waals surface area contributed by atoms with Gasteiger partial charge in [0, 0.05) is 44.7 Å². The van der Waals surface area contributed by atoms with Crippen LogP contribution < -0.4 is 15.5 Å². The minimum Gasteiger partial charge on any atom is -0.386 e. The van der Waals surface area contributed by atoms with E-state index in [1.54, 1.807) is 53.2 Å². The Hall–Kier alpha value is -4.80. The van der Waals surface area contributed by atoms with Crippen LogP contribution in [0.5, 0.6) is 0 Å². The summed E-state index contributed by atoms with van der Waals surface area (Å²) in [6.45, 7) is 0.0758. The number of β-amino-alcohol motifs (C(OH)–C–C–N with tert-alkyl or cyclic N) is 1. The van der Waals surface area contributed by atoms with Gasteiger partial charge in [0.25, 0.3) is 5.91 Å². The smallest absolute Gasteiger partial charge is 0.326 e. The number of halogens is 2. The number of pyridine rings is 1. The quantitative estimate of drug-likeness (QED) is 0.287. The van der Waals surface area contributed by atoms with Crippen molar-refractivity contribution in [1.82, 2.24) is 19.9 Å². The highest BCUT2D eigenvalue weighted by Crippen LogP contribution is 2.42. The van der Waals surface area contributed by atoms with Crippen LogP contribution in [0, 0.1) is 5.82 Å². The Bertz CT molecular complexity index is 1860. The van der Waals surface area contributed by atoms with E-state index in [2.05, 4.69) is 20.7 Å². The highest BCUT2D eigenvalue weighted by atomic mass is 35.5. The van der Waals surface area contributed by atoms with Crippen LogP contribution in [0.2, 0.25) is 5.02 Å². The minimum absolute atomic E-state index is 0.0758. The molecular formula is C29H20ClFN6O3. The molecule has 0 aliphatic carbocycles. The summed E-state index contributed by atoms with van der Waals surface area (Å²) in [6.07, 6.45) is 2.39. The summed E-state index contributed by atoms with van der Waals surface area (Å²) < 4.78 is 15.9. The summed E-state index contributed by atoms with van der Waals surface area (Å²) in [6, 6.07) is 16.9. The van der Waals surface area contributed by atoms with Crippen LogP contribution in [-0.2, 0) is 0 Å². The molecule has 2 aliphatic heterocycles. The molecule has 3 aromatic carbocycles. The SMILES string of the molecule is O=C1N[C@@H](c2cc(F)ccc2Cl)c2c(NC(=O)N3C[C@@H](O)c4ccccc43)cc(-c3ccc4ncnn4c3)cc21. The van der Waals surface area contributed by atoms with Crippen LogP contribution in [0.15, 0.2) is 79.3 Å². The number of aliphatic hydroxyl groups is 1. The fraction of sp³-hybridized carbons (Fsp3) is 0.103. The lowest BCUT2D eigenvalue weighted by molar-refractivity contribution is 0.0960. The van der Waals surface area contributed by atoms with Crippen LogP contribution in [0.25, 0.3) is 16.8 Å². The Morgan fingerprint density at radius 3 is 2.80 bits per heavy atom. The summed E-state index contributed by atoms with van der Waals surface area (Å²) in [5.74, 6) is -0.894. The number of carbonyl (C=O) groups is 2. The second-order valence-corrected chi connectivity index (χ2v) is 10.1. The number of amides is 3. The normalized spacial score (nSPS) is 17.6. The van der Waals surface area contributed by atoms with Crippen molar-refractivity contribution in [2.45, 2.75) is 12.1 Å². The molecule has 40 heavy (non-hydrogen) atoms. The zero-order chi connectivity index (χ0) is 27.5. The summed E-state index contributed by atoms with van der Waals surface area (Å²) in [5.41, 5.74) is 4.77. The van der Waals surface area contributed by atoms with Gasteiger partial charge in [0.05, 0.1) is 24.4 Å². The van der Waals surface area contributed by atoms with Crippen LogP contribution in [-0.4, -0.2) is 38.2 Å². The summed E-state index contributed by atoms with van der Waals surface area (Å²) in [4.78, 5) is 32.5. The van der Waals surface area contributed by atoms with Gasteiger partial charge in [-0.3, -0.25) is 9.69 Å². The molecule has 4 heterocycles. The predicted octanol–water partition coefficient (Wildman–Crippen LogP) is 5.11. The van der Waals surface area contributed by atoms with Crippen LogP contribution in [0.3, 0.4) is 0 Å². The van der Waals surface area contributed by atoms with E-state index in [4.69, 9.17) is 11.6 Å². The van der Waals surface area contributed by atoms with Crippen molar-refractivity contribution < 1.29 is 19.1 Å². The molecule has 2 aromatic heterocycles. The fourth-order valence-corrected chi connectivity index (χ4v) is 5.65. The van der Waals surface area contributed by atoms with E-state index in [0.29, 0.717) is 44.8 Å². The van der Waals surface area contributed by atoms with E-state index in [1.807, 2.05) is 6.07 Å². The Morgan fingerprint density at radius 2 is 1.93 bits per heavy atom. The number of urea groups is 1. The van der Waals surface area contributed by atoms with Gasteiger partial charge < -0.3 is 15.7 Å². The third-order valence-corrected chi connectivity index (χ3v) is 7.64. The highest BCUT2D eigenvalue weighted by molar-refractivity contribution is 6.31. The molecule has 0 saturated heterocycles. The molecule has 0 saturated carbocycles. The molecule has 3 amide bonds. The van der Waals surface area contributed by atoms with Crippen molar-refractivity contribution in [2.24, 2.45) is 0 Å². The van der Waals surface area contributed by atoms with Crippen molar-refractivity contribution in [3.8, 4) is 11.1 Å². The maximum atomic E-state index is 14.3. The number of benzene rings is 3. The van der Waals surface area contributed by atoms with Crippen LogP contribution in [0.1, 0.15) is 39.2 Å². The Labute approximate surface area is 231 Å². The molecule has 5 aromatic rings. The number of nitrogens with zero attached hydrogens (tertiary/aromatic N) is 4. The lowest BCUT2D eigenvalue weighted by atomic mass is 9.93. The van der Waals surface area contributed by atoms with E-state index in [9.17, 15) is 19.1 Å². The Balaban J connectivity index is 1.37. The van der Waals surface area contributed by atoms with E-state index in [-0.39, 0.29) is 17.5 Å².